The molecule has 0 aliphatic rings. The molecule has 0 aliphatic carbocycles. The number of hydrogen-bond donors (Lipinski definition) is 1. The third kappa shape index (κ3) is 4.99. The van der Waals surface area contributed by atoms with Crippen molar-refractivity contribution in [2.45, 2.75) is 27.0 Å². The fraction of sp³-hybridized carbons (Fsp3) is 0.353. The van der Waals surface area contributed by atoms with Crippen LogP contribution in [0.4, 0.5) is 0 Å². The largest absolute Gasteiger partial charge is 0.461 e. The molecule has 0 radical (unpaired) electrons. The van der Waals surface area contributed by atoms with E-state index in [9.17, 15) is 4.79 Å². The third-order valence-electron chi connectivity index (χ3n) is 3.35. The summed E-state index contributed by atoms with van der Waals surface area (Å²) in [4.78, 5) is 11.9. The molecule has 0 saturated carbocycles. The van der Waals surface area contributed by atoms with Gasteiger partial charge in [0.1, 0.15) is 6.61 Å². The highest BCUT2D eigenvalue weighted by atomic mass is 32.1. The van der Waals surface area contributed by atoms with Crippen LogP contribution in [0.1, 0.15) is 23.6 Å². The van der Waals surface area contributed by atoms with Gasteiger partial charge in [-0.2, -0.15) is 11.3 Å². The number of ether oxygens (including phenoxy) is 1. The lowest BCUT2D eigenvalue weighted by Crippen LogP contribution is -2.27. The quantitative estimate of drug-likeness (QED) is 0.795. The summed E-state index contributed by atoms with van der Waals surface area (Å²) in [7, 11) is 0. The van der Waals surface area contributed by atoms with Gasteiger partial charge < -0.3 is 10.1 Å². The molecule has 1 unspecified atom stereocenters. The summed E-state index contributed by atoms with van der Waals surface area (Å²) in [6, 6.07) is 9.74. The van der Waals surface area contributed by atoms with Crippen molar-refractivity contribution in [3.63, 3.8) is 0 Å². The normalized spacial score (nSPS) is 12.1. The van der Waals surface area contributed by atoms with E-state index in [1.165, 1.54) is 11.1 Å². The summed E-state index contributed by atoms with van der Waals surface area (Å²) in [5.41, 5.74) is 3.61. The third-order valence-corrected chi connectivity index (χ3v) is 4.26. The van der Waals surface area contributed by atoms with Gasteiger partial charge in [0.25, 0.3) is 0 Å². The Balaban J connectivity index is 1.69. The van der Waals surface area contributed by atoms with Crippen LogP contribution in [0.5, 0.6) is 0 Å². The molecule has 2 aromatic rings. The molecule has 1 N–H and O–H groups in total. The number of thiophene rings is 1. The first-order valence-electron chi connectivity index (χ1n) is 7.09. The zero-order valence-corrected chi connectivity index (χ0v) is 13.3. The minimum absolute atomic E-state index is 0.146. The second kappa shape index (κ2) is 7.96. The topological polar surface area (TPSA) is 38.3 Å². The summed E-state index contributed by atoms with van der Waals surface area (Å²) in [6.45, 7) is 5.76. The number of benzene rings is 1. The van der Waals surface area contributed by atoms with Crippen molar-refractivity contribution in [1.29, 1.82) is 0 Å². The van der Waals surface area contributed by atoms with Crippen molar-refractivity contribution in [2.24, 2.45) is 5.92 Å². The van der Waals surface area contributed by atoms with Crippen LogP contribution in [0.3, 0.4) is 0 Å². The molecule has 4 heteroatoms. The van der Waals surface area contributed by atoms with Gasteiger partial charge in [-0.25, -0.2) is 0 Å². The number of aryl methyl sites for hydroxylation is 1. The molecular weight excluding hydrogens is 282 g/mol. The van der Waals surface area contributed by atoms with Crippen LogP contribution in [0.25, 0.3) is 0 Å². The summed E-state index contributed by atoms with van der Waals surface area (Å²) in [5, 5.41) is 7.59. The zero-order chi connectivity index (χ0) is 15.1. The maximum absolute atomic E-state index is 11.9. The van der Waals surface area contributed by atoms with Crippen LogP contribution in [0, 0.1) is 12.8 Å². The minimum Gasteiger partial charge on any atom is -0.461 e. The van der Waals surface area contributed by atoms with Crippen molar-refractivity contribution in [3.05, 3.63) is 57.8 Å². The number of esters is 1. The van der Waals surface area contributed by atoms with E-state index >= 15 is 0 Å². The molecule has 21 heavy (non-hydrogen) atoms. The Morgan fingerprint density at radius 3 is 2.71 bits per heavy atom. The van der Waals surface area contributed by atoms with Crippen LogP contribution in [-0.2, 0) is 22.7 Å². The van der Waals surface area contributed by atoms with Gasteiger partial charge in [0.15, 0.2) is 0 Å². The highest BCUT2D eigenvalue weighted by Gasteiger charge is 2.14. The molecule has 0 spiro atoms. The Bertz CT molecular complexity index is 565. The van der Waals surface area contributed by atoms with Crippen molar-refractivity contribution in [1.82, 2.24) is 5.32 Å². The molecule has 3 nitrogen and oxygen atoms in total. The van der Waals surface area contributed by atoms with E-state index in [0.717, 1.165) is 12.1 Å². The monoisotopic (exact) mass is 303 g/mol. The van der Waals surface area contributed by atoms with Crippen molar-refractivity contribution in [2.75, 3.05) is 6.54 Å². The average molecular weight is 303 g/mol. The molecule has 0 saturated heterocycles. The number of carbonyl (C=O) groups excluding carboxylic acids is 1. The van der Waals surface area contributed by atoms with Gasteiger partial charge in [-0.05, 0) is 34.4 Å². The van der Waals surface area contributed by atoms with E-state index in [0.29, 0.717) is 13.2 Å². The Labute approximate surface area is 130 Å². The minimum atomic E-state index is -0.159. The maximum Gasteiger partial charge on any atom is 0.310 e. The Hall–Kier alpha value is -1.65. The highest BCUT2D eigenvalue weighted by Crippen LogP contribution is 2.13. The molecule has 0 aliphatic heterocycles. The van der Waals surface area contributed by atoms with Crippen LogP contribution in [0.2, 0.25) is 0 Å². The maximum atomic E-state index is 11.9. The molecule has 1 atom stereocenters. The van der Waals surface area contributed by atoms with Crippen LogP contribution < -0.4 is 5.32 Å². The summed E-state index contributed by atoms with van der Waals surface area (Å²) >= 11 is 1.71. The predicted molar refractivity (Wildman–Crippen MR) is 86.2 cm³/mol. The second-order valence-corrected chi connectivity index (χ2v) is 5.95. The molecule has 0 amide bonds. The highest BCUT2D eigenvalue weighted by molar-refractivity contribution is 7.08. The van der Waals surface area contributed by atoms with Gasteiger partial charge in [0.05, 0.1) is 5.92 Å². The van der Waals surface area contributed by atoms with E-state index < -0.39 is 0 Å². The summed E-state index contributed by atoms with van der Waals surface area (Å²) in [5.74, 6) is -0.305. The van der Waals surface area contributed by atoms with Crippen molar-refractivity contribution in [3.8, 4) is 0 Å². The van der Waals surface area contributed by atoms with E-state index in [2.05, 4.69) is 23.0 Å². The van der Waals surface area contributed by atoms with E-state index in [4.69, 9.17) is 4.74 Å². The number of nitrogens with one attached hydrogen (secondary N) is 1. The van der Waals surface area contributed by atoms with Crippen molar-refractivity contribution < 1.29 is 9.53 Å². The molecular formula is C17H21NO2S. The van der Waals surface area contributed by atoms with Gasteiger partial charge in [-0.15, -0.1) is 0 Å². The van der Waals surface area contributed by atoms with Gasteiger partial charge >= 0.3 is 5.97 Å². The first kappa shape index (κ1) is 15.7. The number of hydrogen-bond acceptors (Lipinski definition) is 4. The molecule has 2 rings (SSSR count). The summed E-state index contributed by atoms with van der Waals surface area (Å²) in [6.07, 6.45) is 0. The van der Waals surface area contributed by atoms with Gasteiger partial charge in [0, 0.05) is 13.1 Å². The Kier molecular flexibility index (Phi) is 5.96. The Morgan fingerprint density at radius 2 is 2.05 bits per heavy atom. The molecule has 0 fully saturated rings. The molecule has 0 bridgehead atoms. The first-order valence-corrected chi connectivity index (χ1v) is 8.04. The molecule has 112 valence electrons. The van der Waals surface area contributed by atoms with Gasteiger partial charge in [-0.1, -0.05) is 37.3 Å². The number of rotatable bonds is 7. The lowest BCUT2D eigenvalue weighted by molar-refractivity contribution is -0.149. The van der Waals surface area contributed by atoms with Crippen molar-refractivity contribution >= 4 is 17.3 Å². The molecule has 1 heterocycles. The fourth-order valence-electron chi connectivity index (χ4n) is 1.95. The Morgan fingerprint density at radius 1 is 1.29 bits per heavy atom. The SMILES string of the molecule is Cc1cscc1CNCC(C)C(=O)OCc1ccccc1. The lowest BCUT2D eigenvalue weighted by Gasteiger charge is -2.12. The van der Waals surface area contributed by atoms with Gasteiger partial charge in [0.2, 0.25) is 0 Å². The van der Waals surface area contributed by atoms with Gasteiger partial charge in [-0.3, -0.25) is 4.79 Å². The molecule has 1 aromatic heterocycles. The smallest absolute Gasteiger partial charge is 0.310 e. The zero-order valence-electron chi connectivity index (χ0n) is 12.5. The number of carbonyl (C=O) groups is 1. The standard InChI is InChI=1S/C17H21NO2S/c1-13(8-18-9-16-12-21-11-14(16)2)17(19)20-10-15-6-4-3-5-7-15/h3-7,11-13,18H,8-10H2,1-2H3. The van der Waals surface area contributed by atoms with E-state index in [1.807, 2.05) is 37.3 Å². The first-order chi connectivity index (χ1) is 10.2. The fourth-order valence-corrected chi connectivity index (χ4v) is 2.80. The van der Waals surface area contributed by atoms with E-state index in [-0.39, 0.29) is 11.9 Å². The molecule has 1 aromatic carbocycles. The summed E-state index contributed by atoms with van der Waals surface area (Å²) < 4.78 is 5.32. The predicted octanol–water partition coefficient (Wildman–Crippen LogP) is 3.53. The average Bonchev–Trinajstić information content (AvgIpc) is 2.91. The lowest BCUT2D eigenvalue weighted by atomic mass is 10.1. The second-order valence-electron chi connectivity index (χ2n) is 5.21. The van der Waals surface area contributed by atoms with Crippen LogP contribution in [0.15, 0.2) is 41.1 Å². The van der Waals surface area contributed by atoms with Crippen LogP contribution >= 0.6 is 11.3 Å². The van der Waals surface area contributed by atoms with Crippen LogP contribution in [-0.4, -0.2) is 12.5 Å². The van der Waals surface area contributed by atoms with E-state index in [1.54, 1.807) is 11.3 Å².